The van der Waals surface area contributed by atoms with Gasteiger partial charge in [-0.3, -0.25) is 4.79 Å². The molecular weight excluding hydrogens is 252 g/mol. The monoisotopic (exact) mass is 262 g/mol. The predicted octanol–water partition coefficient (Wildman–Crippen LogP) is 3.65. The van der Waals surface area contributed by atoms with E-state index < -0.39 is 29.3 Å². The number of carbonyl (C=O) groups is 1. The molecule has 0 bridgehead atoms. The number of carbonyl (C=O) groups excluding carboxylic acids is 1. The minimum Gasteiger partial charge on any atom is -0.426 e. The van der Waals surface area contributed by atoms with E-state index >= 15 is 0 Å². The minimum absolute atomic E-state index is 0.123. The van der Waals surface area contributed by atoms with Crippen LogP contribution < -0.4 is 4.74 Å². The maximum Gasteiger partial charge on any atom is 0.420 e. The number of halogens is 4. The lowest BCUT2D eigenvalue weighted by molar-refractivity contribution is -0.141. The van der Waals surface area contributed by atoms with E-state index in [-0.39, 0.29) is 11.5 Å². The first-order valence-electron chi connectivity index (χ1n) is 5.38. The van der Waals surface area contributed by atoms with Gasteiger partial charge in [-0.2, -0.15) is 13.2 Å². The summed E-state index contributed by atoms with van der Waals surface area (Å²) in [5.74, 6) is -2.54. The maximum absolute atomic E-state index is 13.2. The normalized spacial score (nSPS) is 15.6. The Labute approximate surface area is 101 Å². The first-order chi connectivity index (χ1) is 8.29. The van der Waals surface area contributed by atoms with E-state index in [2.05, 4.69) is 4.74 Å². The van der Waals surface area contributed by atoms with Crippen LogP contribution in [0.25, 0.3) is 0 Å². The molecule has 1 aliphatic rings. The summed E-state index contributed by atoms with van der Waals surface area (Å²) < 4.78 is 56.2. The molecule has 1 saturated carbocycles. The van der Waals surface area contributed by atoms with Gasteiger partial charge in [-0.1, -0.05) is 0 Å². The van der Waals surface area contributed by atoms with E-state index in [9.17, 15) is 22.4 Å². The van der Waals surface area contributed by atoms with E-state index in [1.165, 1.54) is 0 Å². The summed E-state index contributed by atoms with van der Waals surface area (Å²) >= 11 is 0. The first-order valence-corrected chi connectivity index (χ1v) is 5.38. The Morgan fingerprint density at radius 2 is 1.94 bits per heavy atom. The number of rotatable bonds is 2. The van der Waals surface area contributed by atoms with E-state index in [0.717, 1.165) is 13.0 Å². The minimum atomic E-state index is -4.75. The van der Waals surface area contributed by atoms with Gasteiger partial charge in [0.25, 0.3) is 0 Å². The summed E-state index contributed by atoms with van der Waals surface area (Å²) in [6.07, 6.45) is -3.40. The number of hydrogen-bond acceptors (Lipinski definition) is 2. The molecule has 1 aromatic rings. The quantitative estimate of drug-likeness (QED) is 0.462. The molecule has 0 aliphatic heterocycles. The second-order valence-corrected chi connectivity index (χ2v) is 4.24. The molecule has 1 aromatic carbocycles. The molecule has 2 rings (SSSR count). The molecule has 6 heteroatoms. The number of hydrogen-bond donors (Lipinski definition) is 0. The molecular formula is C12H10F4O2. The number of ether oxygens (including phenoxy) is 1. The van der Waals surface area contributed by atoms with E-state index in [1.54, 1.807) is 0 Å². The van der Waals surface area contributed by atoms with Gasteiger partial charge in [-0.05, 0) is 30.9 Å². The first kappa shape index (κ1) is 12.9. The van der Waals surface area contributed by atoms with Gasteiger partial charge in [0.2, 0.25) is 0 Å². The topological polar surface area (TPSA) is 26.3 Å². The van der Waals surface area contributed by atoms with E-state index in [1.807, 2.05) is 0 Å². The highest BCUT2D eigenvalue weighted by Gasteiger charge is 2.39. The van der Waals surface area contributed by atoms with Crippen molar-refractivity contribution >= 4 is 5.97 Å². The van der Waals surface area contributed by atoms with Crippen LogP contribution >= 0.6 is 0 Å². The zero-order chi connectivity index (χ0) is 13.5. The molecule has 0 unspecified atom stereocenters. The van der Waals surface area contributed by atoms with Crippen molar-refractivity contribution < 1.29 is 27.1 Å². The largest absolute Gasteiger partial charge is 0.426 e. The van der Waals surface area contributed by atoms with Crippen LogP contribution in [0.2, 0.25) is 0 Å². The molecule has 0 aromatic heterocycles. The second-order valence-electron chi connectivity index (χ2n) is 4.24. The van der Waals surface area contributed by atoms with Crippen LogP contribution in [-0.2, 0) is 11.0 Å². The third kappa shape index (κ3) is 2.63. The van der Waals surface area contributed by atoms with Crippen molar-refractivity contribution in [2.24, 2.45) is 0 Å². The van der Waals surface area contributed by atoms with Gasteiger partial charge in [0.15, 0.2) is 0 Å². The maximum atomic E-state index is 13.2. The van der Waals surface area contributed by atoms with Crippen LogP contribution in [0.15, 0.2) is 12.1 Å². The van der Waals surface area contributed by atoms with Crippen molar-refractivity contribution in [3.63, 3.8) is 0 Å². The summed E-state index contributed by atoms with van der Waals surface area (Å²) in [7, 11) is 0. The molecule has 1 fully saturated rings. The van der Waals surface area contributed by atoms with Crippen LogP contribution in [0.4, 0.5) is 17.6 Å². The molecule has 0 N–H and O–H groups in total. The molecule has 0 spiro atoms. The molecule has 0 heterocycles. The zero-order valence-corrected chi connectivity index (χ0v) is 9.47. The molecule has 0 amide bonds. The van der Waals surface area contributed by atoms with Crippen LogP contribution in [0.5, 0.6) is 5.75 Å². The summed E-state index contributed by atoms with van der Waals surface area (Å²) in [6, 6.07) is 1.36. The molecule has 1 aliphatic carbocycles. The van der Waals surface area contributed by atoms with Gasteiger partial charge in [0, 0.05) is 12.5 Å². The summed E-state index contributed by atoms with van der Waals surface area (Å²) in [5.41, 5.74) is -1.11. The fourth-order valence-electron chi connectivity index (χ4n) is 1.78. The fraction of sp³-hybridized carbons (Fsp3) is 0.417. The predicted molar refractivity (Wildman–Crippen MR) is 54.7 cm³/mol. The molecule has 2 nitrogen and oxygen atoms in total. The average Bonchev–Trinajstić information content (AvgIpc) is 3.01. The number of benzene rings is 1. The SMILES string of the molecule is CC(=O)Oc1c(C2CC2)cc(F)cc1C(F)(F)F. The van der Waals surface area contributed by atoms with Crippen molar-refractivity contribution in [3.05, 3.63) is 29.1 Å². The smallest absolute Gasteiger partial charge is 0.420 e. The van der Waals surface area contributed by atoms with Gasteiger partial charge in [-0.25, -0.2) is 4.39 Å². The highest BCUT2D eigenvalue weighted by molar-refractivity contribution is 5.71. The Bertz CT molecular complexity index is 490. The van der Waals surface area contributed by atoms with Gasteiger partial charge in [0.1, 0.15) is 17.1 Å². The van der Waals surface area contributed by atoms with Crippen LogP contribution in [0.3, 0.4) is 0 Å². The molecule has 0 saturated heterocycles. The standard InChI is InChI=1S/C12H10F4O2/c1-6(17)18-11-9(7-2-3-7)4-8(13)5-10(11)12(14,15)16/h4-5,7H,2-3H2,1H3. The Kier molecular flexibility index (Phi) is 3.04. The van der Waals surface area contributed by atoms with E-state index in [0.29, 0.717) is 18.9 Å². The Morgan fingerprint density at radius 3 is 2.39 bits per heavy atom. The molecule has 18 heavy (non-hydrogen) atoms. The van der Waals surface area contributed by atoms with E-state index in [4.69, 9.17) is 0 Å². The molecule has 98 valence electrons. The summed E-state index contributed by atoms with van der Waals surface area (Å²) in [4.78, 5) is 10.9. The Morgan fingerprint density at radius 1 is 1.33 bits per heavy atom. The van der Waals surface area contributed by atoms with Crippen molar-refractivity contribution in [1.29, 1.82) is 0 Å². The van der Waals surface area contributed by atoms with Crippen LogP contribution in [0, 0.1) is 5.82 Å². The lowest BCUT2D eigenvalue weighted by atomic mass is 10.0. The Hall–Kier alpha value is -1.59. The van der Waals surface area contributed by atoms with Gasteiger partial charge < -0.3 is 4.74 Å². The van der Waals surface area contributed by atoms with Crippen molar-refractivity contribution in [2.45, 2.75) is 31.9 Å². The van der Waals surface area contributed by atoms with Crippen LogP contribution in [0.1, 0.15) is 36.8 Å². The third-order valence-corrected chi connectivity index (χ3v) is 2.65. The lowest BCUT2D eigenvalue weighted by Crippen LogP contribution is -2.13. The van der Waals surface area contributed by atoms with Crippen molar-refractivity contribution in [2.75, 3.05) is 0 Å². The number of alkyl halides is 3. The van der Waals surface area contributed by atoms with Gasteiger partial charge >= 0.3 is 12.1 Å². The second kappa shape index (κ2) is 4.26. The van der Waals surface area contributed by atoms with Crippen LogP contribution in [-0.4, -0.2) is 5.97 Å². The van der Waals surface area contributed by atoms with Gasteiger partial charge in [-0.15, -0.1) is 0 Å². The summed E-state index contributed by atoms with van der Waals surface area (Å²) in [5, 5.41) is 0. The van der Waals surface area contributed by atoms with Crippen molar-refractivity contribution in [3.8, 4) is 5.75 Å². The third-order valence-electron chi connectivity index (χ3n) is 2.65. The summed E-state index contributed by atoms with van der Waals surface area (Å²) in [6.45, 7) is 1.01. The van der Waals surface area contributed by atoms with Gasteiger partial charge in [0.05, 0.1) is 0 Å². The average molecular weight is 262 g/mol. The molecule has 0 atom stereocenters. The highest BCUT2D eigenvalue weighted by atomic mass is 19.4. The van der Waals surface area contributed by atoms with Crippen molar-refractivity contribution in [1.82, 2.24) is 0 Å². The highest BCUT2D eigenvalue weighted by Crippen LogP contribution is 2.48. The zero-order valence-electron chi connectivity index (χ0n) is 9.47. The molecule has 0 radical (unpaired) electrons. The number of esters is 1. The fourth-order valence-corrected chi connectivity index (χ4v) is 1.78. The Balaban J connectivity index is 2.58. The lowest BCUT2D eigenvalue weighted by Gasteiger charge is -2.16.